The summed E-state index contributed by atoms with van der Waals surface area (Å²) in [6.07, 6.45) is 0. The van der Waals surface area contributed by atoms with E-state index in [1.165, 1.54) is 18.9 Å². The maximum Gasteiger partial charge on any atom is 0.240 e. The summed E-state index contributed by atoms with van der Waals surface area (Å²) < 4.78 is 5.07. The number of hydrogen-bond donors (Lipinski definition) is 1. The first kappa shape index (κ1) is 17.7. The highest BCUT2D eigenvalue weighted by molar-refractivity contribution is 6.00. The molecule has 120 valence electrons. The number of rotatable bonds is 7. The first-order valence-electron chi connectivity index (χ1n) is 7.01. The van der Waals surface area contributed by atoms with Gasteiger partial charge in [-0.3, -0.25) is 14.4 Å². The average Bonchev–Trinajstić information content (AvgIpc) is 2.45. The number of methoxy groups -OCH3 is 1. The van der Waals surface area contributed by atoms with Crippen molar-refractivity contribution in [1.82, 2.24) is 4.90 Å². The number of carbonyl (C=O) groups excluding carboxylic acids is 3. The minimum Gasteiger partial charge on any atom is -0.497 e. The Bertz CT molecular complexity index is 569. The van der Waals surface area contributed by atoms with Crippen molar-refractivity contribution in [3.8, 4) is 5.75 Å². The number of ether oxygens (including phenoxy) is 1. The Morgan fingerprint density at radius 3 is 2.36 bits per heavy atom. The van der Waals surface area contributed by atoms with Crippen LogP contribution >= 0.6 is 0 Å². The largest absolute Gasteiger partial charge is 0.497 e. The fourth-order valence-corrected chi connectivity index (χ4v) is 2.29. The topological polar surface area (TPSA) is 89.7 Å². The predicted molar refractivity (Wildman–Crippen MR) is 82.5 cm³/mol. The van der Waals surface area contributed by atoms with Crippen LogP contribution in [0.2, 0.25) is 0 Å². The molecule has 0 heterocycles. The zero-order valence-electron chi connectivity index (χ0n) is 13.3. The summed E-state index contributed by atoms with van der Waals surface area (Å²) in [5.74, 6) is -0.895. The van der Waals surface area contributed by atoms with Crippen molar-refractivity contribution in [3.63, 3.8) is 0 Å². The second-order valence-corrected chi connectivity index (χ2v) is 5.39. The van der Waals surface area contributed by atoms with Crippen molar-refractivity contribution in [3.05, 3.63) is 29.8 Å². The number of nitrogens with zero attached hydrogens (tertiary/aromatic N) is 1. The van der Waals surface area contributed by atoms with E-state index in [0.29, 0.717) is 11.3 Å². The second-order valence-electron chi connectivity index (χ2n) is 5.39. The van der Waals surface area contributed by atoms with Gasteiger partial charge in [0.05, 0.1) is 13.7 Å². The number of Topliss-reactive ketones (excluding diaryl/α,β-unsaturated/α-hetero) is 1. The van der Waals surface area contributed by atoms with E-state index in [9.17, 15) is 14.4 Å². The minimum atomic E-state index is -0.813. The van der Waals surface area contributed by atoms with Crippen LogP contribution in [-0.2, 0) is 9.59 Å². The van der Waals surface area contributed by atoms with E-state index in [2.05, 4.69) is 0 Å². The van der Waals surface area contributed by atoms with Crippen molar-refractivity contribution < 1.29 is 19.1 Å². The number of nitrogens with two attached hydrogens (primary N) is 1. The smallest absolute Gasteiger partial charge is 0.240 e. The normalized spacial score (nSPS) is 11.9. The van der Waals surface area contributed by atoms with E-state index in [1.54, 1.807) is 38.1 Å². The molecule has 0 aromatic heterocycles. The summed E-state index contributed by atoms with van der Waals surface area (Å²) in [6, 6.07) is 5.83. The van der Waals surface area contributed by atoms with E-state index in [0.717, 1.165) is 0 Å². The molecule has 1 aromatic rings. The van der Waals surface area contributed by atoms with Crippen LogP contribution in [0, 0.1) is 5.92 Å². The SMILES string of the molecule is COc1cccc(C(=O)CN(C(C)=O)[C@@H](C(N)=O)C(C)C)c1. The Balaban J connectivity index is 3.02. The third-order valence-electron chi connectivity index (χ3n) is 3.37. The first-order valence-corrected chi connectivity index (χ1v) is 7.01. The van der Waals surface area contributed by atoms with Crippen molar-refractivity contribution in [1.29, 1.82) is 0 Å². The van der Waals surface area contributed by atoms with Gasteiger partial charge in [0.1, 0.15) is 11.8 Å². The van der Waals surface area contributed by atoms with Crippen LogP contribution in [0.3, 0.4) is 0 Å². The molecule has 1 rings (SSSR count). The van der Waals surface area contributed by atoms with Gasteiger partial charge in [0, 0.05) is 12.5 Å². The van der Waals surface area contributed by atoms with Gasteiger partial charge in [-0.25, -0.2) is 0 Å². The molecule has 2 N–H and O–H groups in total. The Morgan fingerprint density at radius 2 is 1.91 bits per heavy atom. The molecule has 22 heavy (non-hydrogen) atoms. The van der Waals surface area contributed by atoms with Crippen molar-refractivity contribution in [2.24, 2.45) is 11.7 Å². The fraction of sp³-hybridized carbons (Fsp3) is 0.438. The van der Waals surface area contributed by atoms with Gasteiger partial charge in [0.25, 0.3) is 0 Å². The van der Waals surface area contributed by atoms with Gasteiger partial charge in [0.15, 0.2) is 5.78 Å². The van der Waals surface area contributed by atoms with Gasteiger partial charge < -0.3 is 15.4 Å². The molecule has 0 spiro atoms. The first-order chi connectivity index (χ1) is 10.3. The highest BCUT2D eigenvalue weighted by Gasteiger charge is 2.30. The molecule has 0 radical (unpaired) electrons. The van der Waals surface area contributed by atoms with Crippen LogP contribution in [0.1, 0.15) is 31.1 Å². The lowest BCUT2D eigenvalue weighted by molar-refractivity contribution is -0.138. The van der Waals surface area contributed by atoms with Crippen LogP contribution in [0.25, 0.3) is 0 Å². The highest BCUT2D eigenvalue weighted by atomic mass is 16.5. The lowest BCUT2D eigenvalue weighted by Crippen LogP contribution is -2.51. The Hall–Kier alpha value is -2.37. The van der Waals surface area contributed by atoms with Crippen LogP contribution < -0.4 is 10.5 Å². The fourth-order valence-electron chi connectivity index (χ4n) is 2.29. The molecule has 0 bridgehead atoms. The Morgan fingerprint density at radius 1 is 1.27 bits per heavy atom. The van der Waals surface area contributed by atoms with Crippen LogP contribution in [-0.4, -0.2) is 42.2 Å². The maximum atomic E-state index is 12.4. The number of primary amides is 1. The van der Waals surface area contributed by atoms with Gasteiger partial charge in [0.2, 0.25) is 11.8 Å². The van der Waals surface area contributed by atoms with Crippen molar-refractivity contribution >= 4 is 17.6 Å². The number of ketones is 1. The molecule has 6 nitrogen and oxygen atoms in total. The molecular formula is C16H22N2O4. The summed E-state index contributed by atoms with van der Waals surface area (Å²) in [5.41, 5.74) is 5.79. The molecule has 0 aliphatic carbocycles. The van der Waals surface area contributed by atoms with E-state index < -0.39 is 11.9 Å². The highest BCUT2D eigenvalue weighted by Crippen LogP contribution is 2.16. The number of amides is 2. The second kappa shape index (κ2) is 7.59. The van der Waals surface area contributed by atoms with Gasteiger partial charge in [-0.15, -0.1) is 0 Å². The van der Waals surface area contributed by atoms with E-state index in [4.69, 9.17) is 10.5 Å². The molecule has 2 amide bonds. The molecule has 1 aromatic carbocycles. The maximum absolute atomic E-state index is 12.4. The number of hydrogen-bond acceptors (Lipinski definition) is 4. The monoisotopic (exact) mass is 306 g/mol. The van der Waals surface area contributed by atoms with Crippen molar-refractivity contribution in [2.75, 3.05) is 13.7 Å². The molecular weight excluding hydrogens is 284 g/mol. The predicted octanol–water partition coefficient (Wildman–Crippen LogP) is 1.24. The Labute approximate surface area is 130 Å². The zero-order chi connectivity index (χ0) is 16.9. The molecule has 6 heteroatoms. The minimum absolute atomic E-state index is 0.181. The Kier molecular flexibility index (Phi) is 6.10. The number of carbonyl (C=O) groups is 3. The molecule has 0 unspecified atom stereocenters. The summed E-state index contributed by atoms with van der Waals surface area (Å²) in [4.78, 5) is 37.0. The van der Waals surface area contributed by atoms with Gasteiger partial charge >= 0.3 is 0 Å². The van der Waals surface area contributed by atoms with Crippen LogP contribution in [0.5, 0.6) is 5.75 Å². The summed E-state index contributed by atoms with van der Waals surface area (Å²) in [6.45, 7) is 4.67. The molecule has 0 saturated heterocycles. The summed E-state index contributed by atoms with van der Waals surface area (Å²) in [7, 11) is 1.51. The molecule has 0 fully saturated rings. The van der Waals surface area contributed by atoms with Crippen molar-refractivity contribution in [2.45, 2.75) is 26.8 Å². The van der Waals surface area contributed by atoms with E-state index in [1.807, 2.05) is 0 Å². The van der Waals surface area contributed by atoms with Gasteiger partial charge in [-0.05, 0) is 18.1 Å². The van der Waals surface area contributed by atoms with Gasteiger partial charge in [-0.2, -0.15) is 0 Å². The third-order valence-corrected chi connectivity index (χ3v) is 3.37. The standard InChI is InChI=1S/C16H22N2O4/c1-10(2)15(16(17)21)18(11(3)19)9-14(20)12-6-5-7-13(8-12)22-4/h5-8,10,15H,9H2,1-4H3,(H2,17,21)/t15-/m1/s1. The molecule has 0 aliphatic rings. The molecule has 0 aliphatic heterocycles. The van der Waals surface area contributed by atoms with Gasteiger partial charge in [-0.1, -0.05) is 26.0 Å². The lowest BCUT2D eigenvalue weighted by Gasteiger charge is -2.30. The molecule has 0 saturated carbocycles. The third kappa shape index (κ3) is 4.31. The zero-order valence-corrected chi connectivity index (χ0v) is 13.3. The van der Waals surface area contributed by atoms with Crippen LogP contribution in [0.4, 0.5) is 0 Å². The van der Waals surface area contributed by atoms with Crippen LogP contribution in [0.15, 0.2) is 24.3 Å². The molecule has 1 atom stereocenters. The summed E-state index contributed by atoms with van der Waals surface area (Å²) >= 11 is 0. The average molecular weight is 306 g/mol. The quantitative estimate of drug-likeness (QED) is 0.767. The summed E-state index contributed by atoms with van der Waals surface area (Å²) in [5, 5.41) is 0. The number of benzene rings is 1. The van der Waals surface area contributed by atoms with E-state index in [-0.39, 0.29) is 24.2 Å². The van der Waals surface area contributed by atoms with E-state index >= 15 is 0 Å². The lowest BCUT2D eigenvalue weighted by atomic mass is 10.0.